The number of nitrogens with one attached hydrogen (secondary N) is 1. The van der Waals surface area contributed by atoms with Crippen LogP contribution in [0.3, 0.4) is 0 Å². The van der Waals surface area contributed by atoms with Gasteiger partial charge in [-0.3, -0.25) is 0 Å². The Morgan fingerprint density at radius 2 is 2.47 bits per heavy atom. The van der Waals surface area contributed by atoms with Crippen molar-refractivity contribution in [3.63, 3.8) is 0 Å². The van der Waals surface area contributed by atoms with E-state index in [1.54, 1.807) is 18.4 Å². The van der Waals surface area contributed by atoms with Gasteiger partial charge >= 0.3 is 0 Å². The van der Waals surface area contributed by atoms with Gasteiger partial charge in [0.1, 0.15) is 0 Å². The van der Waals surface area contributed by atoms with E-state index in [4.69, 9.17) is 16.3 Å². The molecule has 2 nitrogen and oxygen atoms in total. The molecule has 0 saturated heterocycles. The smallest absolute Gasteiger partial charge is 0.0934 e. The molecule has 0 spiro atoms. The van der Waals surface area contributed by atoms with E-state index in [1.807, 2.05) is 0 Å². The van der Waals surface area contributed by atoms with Crippen molar-refractivity contribution >= 4 is 22.9 Å². The molecule has 4 heteroatoms. The first-order valence-corrected chi connectivity index (χ1v) is 7.47. The predicted molar refractivity (Wildman–Crippen MR) is 74.1 cm³/mol. The van der Waals surface area contributed by atoms with Crippen LogP contribution < -0.4 is 5.32 Å². The Balaban J connectivity index is 2.07. The Hall–Kier alpha value is -0.0900. The molecule has 0 aliphatic heterocycles. The number of halogens is 1. The average molecular weight is 274 g/mol. The van der Waals surface area contributed by atoms with Crippen LogP contribution in [0.1, 0.15) is 42.7 Å². The molecule has 2 atom stereocenters. The van der Waals surface area contributed by atoms with Gasteiger partial charge in [-0.2, -0.15) is 0 Å². The number of thiophene rings is 1. The van der Waals surface area contributed by atoms with Crippen LogP contribution >= 0.6 is 22.9 Å². The molecule has 1 aromatic heterocycles. The summed E-state index contributed by atoms with van der Waals surface area (Å²) in [6, 6.07) is 3.04. The topological polar surface area (TPSA) is 21.3 Å². The van der Waals surface area contributed by atoms with E-state index in [9.17, 15) is 0 Å². The molecule has 2 rings (SSSR count). The summed E-state index contributed by atoms with van der Waals surface area (Å²) in [7, 11) is 1.76. The fraction of sp³-hybridized carbons (Fsp3) is 0.692. The van der Waals surface area contributed by atoms with Crippen LogP contribution in [0.5, 0.6) is 0 Å². The van der Waals surface area contributed by atoms with Gasteiger partial charge in [0.2, 0.25) is 0 Å². The Bertz CT molecular complexity index is 366. The minimum absolute atomic E-state index is 0.439. The van der Waals surface area contributed by atoms with Gasteiger partial charge in [0, 0.05) is 24.1 Å². The molecule has 0 radical (unpaired) electrons. The van der Waals surface area contributed by atoms with Crippen LogP contribution in [0.15, 0.2) is 6.07 Å². The van der Waals surface area contributed by atoms with Crippen LogP contribution in [-0.4, -0.2) is 19.8 Å². The zero-order valence-corrected chi connectivity index (χ0v) is 12.0. The second kappa shape index (κ2) is 6.19. The lowest BCUT2D eigenvalue weighted by molar-refractivity contribution is 0.156. The fourth-order valence-electron chi connectivity index (χ4n) is 2.46. The van der Waals surface area contributed by atoms with Gasteiger partial charge in [0.15, 0.2) is 0 Å². The summed E-state index contributed by atoms with van der Waals surface area (Å²) in [5.41, 5.74) is 1.42. The SMILES string of the molecule is CCC(COC)NC1CCCc2sc(Cl)cc21. The molecular weight excluding hydrogens is 254 g/mol. The molecule has 1 aliphatic rings. The normalized spacial score (nSPS) is 21.2. The number of hydrogen-bond donors (Lipinski definition) is 1. The molecule has 1 aromatic rings. The highest BCUT2D eigenvalue weighted by atomic mass is 35.5. The van der Waals surface area contributed by atoms with Crippen LogP contribution in [0.25, 0.3) is 0 Å². The predicted octanol–water partition coefficient (Wildman–Crippen LogP) is 3.79. The molecular formula is C13H20ClNOS. The lowest BCUT2D eigenvalue weighted by Gasteiger charge is -2.28. The third-order valence-corrected chi connectivity index (χ3v) is 4.72. The second-order valence-corrected chi connectivity index (χ2v) is 6.37. The van der Waals surface area contributed by atoms with E-state index < -0.39 is 0 Å². The van der Waals surface area contributed by atoms with Crippen molar-refractivity contribution in [3.05, 3.63) is 20.8 Å². The van der Waals surface area contributed by atoms with E-state index in [-0.39, 0.29) is 0 Å². The highest BCUT2D eigenvalue weighted by Gasteiger charge is 2.24. The largest absolute Gasteiger partial charge is 0.383 e. The highest BCUT2D eigenvalue weighted by Crippen LogP contribution is 2.38. The monoisotopic (exact) mass is 273 g/mol. The van der Waals surface area contributed by atoms with Gasteiger partial charge in [0.25, 0.3) is 0 Å². The van der Waals surface area contributed by atoms with Crippen LogP contribution in [-0.2, 0) is 11.2 Å². The second-order valence-electron chi connectivity index (χ2n) is 4.60. The number of hydrogen-bond acceptors (Lipinski definition) is 3. The number of rotatable bonds is 5. The van der Waals surface area contributed by atoms with Crippen molar-refractivity contribution in [1.82, 2.24) is 5.32 Å². The first kappa shape index (κ1) is 13.3. The number of ether oxygens (including phenoxy) is 1. The molecule has 17 heavy (non-hydrogen) atoms. The minimum atomic E-state index is 0.439. The quantitative estimate of drug-likeness (QED) is 0.881. The standard InChI is InChI=1S/C13H20ClNOS/c1-3-9(8-16-2)15-11-5-4-6-12-10(11)7-13(14)17-12/h7,9,11,15H,3-6,8H2,1-2H3. The molecule has 0 saturated carbocycles. The third-order valence-electron chi connectivity index (χ3n) is 3.38. The number of aryl methyl sites for hydroxylation is 1. The molecule has 1 heterocycles. The Kier molecular flexibility index (Phi) is 4.86. The molecule has 0 amide bonds. The maximum Gasteiger partial charge on any atom is 0.0934 e. The molecule has 1 aliphatic carbocycles. The molecule has 0 bridgehead atoms. The van der Waals surface area contributed by atoms with Crippen LogP contribution in [0.4, 0.5) is 0 Å². The van der Waals surface area contributed by atoms with Crippen molar-refractivity contribution in [1.29, 1.82) is 0 Å². The van der Waals surface area contributed by atoms with E-state index in [1.165, 1.54) is 29.7 Å². The number of methoxy groups -OCH3 is 1. The summed E-state index contributed by atoms with van der Waals surface area (Å²) in [4.78, 5) is 1.46. The molecule has 2 unspecified atom stereocenters. The first-order valence-electron chi connectivity index (χ1n) is 6.27. The fourth-order valence-corrected chi connectivity index (χ4v) is 3.85. The van der Waals surface area contributed by atoms with Gasteiger partial charge in [-0.1, -0.05) is 18.5 Å². The molecule has 1 N–H and O–H groups in total. The highest BCUT2D eigenvalue weighted by molar-refractivity contribution is 7.16. The molecule has 0 fully saturated rings. The minimum Gasteiger partial charge on any atom is -0.383 e. The molecule has 96 valence electrons. The summed E-state index contributed by atoms with van der Waals surface area (Å²) < 4.78 is 6.16. The van der Waals surface area contributed by atoms with Crippen molar-refractivity contribution in [3.8, 4) is 0 Å². The Labute approximate surface area is 112 Å². The van der Waals surface area contributed by atoms with E-state index in [2.05, 4.69) is 18.3 Å². The Morgan fingerprint density at radius 3 is 3.18 bits per heavy atom. The van der Waals surface area contributed by atoms with Crippen molar-refractivity contribution < 1.29 is 4.74 Å². The van der Waals surface area contributed by atoms with E-state index >= 15 is 0 Å². The van der Waals surface area contributed by atoms with Gasteiger partial charge < -0.3 is 10.1 Å². The van der Waals surface area contributed by atoms with Crippen molar-refractivity contribution in [2.75, 3.05) is 13.7 Å². The van der Waals surface area contributed by atoms with Gasteiger partial charge in [0.05, 0.1) is 10.9 Å². The lowest BCUT2D eigenvalue weighted by atomic mass is 9.93. The lowest BCUT2D eigenvalue weighted by Crippen LogP contribution is -2.36. The summed E-state index contributed by atoms with van der Waals surface area (Å²) in [6.07, 6.45) is 4.74. The summed E-state index contributed by atoms with van der Waals surface area (Å²) in [5.74, 6) is 0. The summed E-state index contributed by atoms with van der Waals surface area (Å²) in [6.45, 7) is 2.97. The van der Waals surface area contributed by atoms with Gasteiger partial charge in [-0.15, -0.1) is 11.3 Å². The maximum atomic E-state index is 6.11. The first-order chi connectivity index (χ1) is 8.24. The van der Waals surface area contributed by atoms with Crippen LogP contribution in [0.2, 0.25) is 4.34 Å². The summed E-state index contributed by atoms with van der Waals surface area (Å²) >= 11 is 7.85. The average Bonchev–Trinajstić information content (AvgIpc) is 2.70. The van der Waals surface area contributed by atoms with E-state index in [0.717, 1.165) is 17.4 Å². The van der Waals surface area contributed by atoms with Crippen molar-refractivity contribution in [2.45, 2.75) is 44.7 Å². The number of fused-ring (bicyclic) bond motifs is 1. The zero-order valence-electron chi connectivity index (χ0n) is 10.5. The van der Waals surface area contributed by atoms with Crippen LogP contribution in [0, 0.1) is 0 Å². The Morgan fingerprint density at radius 1 is 1.65 bits per heavy atom. The zero-order chi connectivity index (χ0) is 12.3. The molecule has 0 aromatic carbocycles. The van der Waals surface area contributed by atoms with E-state index in [0.29, 0.717) is 12.1 Å². The third kappa shape index (κ3) is 3.22. The summed E-state index contributed by atoms with van der Waals surface area (Å²) in [5, 5.41) is 3.70. The van der Waals surface area contributed by atoms with Gasteiger partial charge in [-0.25, -0.2) is 0 Å². The van der Waals surface area contributed by atoms with Crippen molar-refractivity contribution in [2.24, 2.45) is 0 Å². The van der Waals surface area contributed by atoms with Gasteiger partial charge in [-0.05, 0) is 37.3 Å². The maximum absolute atomic E-state index is 6.11.